The number of benzene rings is 2. The quantitative estimate of drug-likeness (QED) is 0.475. The van der Waals surface area contributed by atoms with Crippen molar-refractivity contribution in [2.45, 2.75) is 0 Å². The number of amidine groups is 1. The smallest absolute Gasteiger partial charge is 0.266 e. The summed E-state index contributed by atoms with van der Waals surface area (Å²) in [5.41, 5.74) is 0.153. The molecule has 0 saturated carbocycles. The summed E-state index contributed by atoms with van der Waals surface area (Å²) in [6.07, 6.45) is 1.42. The molecule has 1 aliphatic rings. The third-order valence-corrected chi connectivity index (χ3v) is 4.73. The van der Waals surface area contributed by atoms with E-state index in [1.54, 1.807) is 24.3 Å². The van der Waals surface area contributed by atoms with Gasteiger partial charge in [-0.25, -0.2) is 4.99 Å². The minimum atomic E-state index is -0.825. The normalized spacial score (nSPS) is 16.6. The second-order valence-corrected chi connectivity index (χ2v) is 6.70. The van der Waals surface area contributed by atoms with Crippen molar-refractivity contribution in [2.75, 3.05) is 7.11 Å². The summed E-state index contributed by atoms with van der Waals surface area (Å²) in [5.74, 6) is -1.42. The largest absolute Gasteiger partial charge is 0.865 e. The number of methoxy groups -OCH3 is 1. The average molecular weight is 405 g/mol. The number of aliphatic imine (C=N–C) groups is 1. The zero-order valence-electron chi connectivity index (χ0n) is 13.8. The number of nitrogens with zero attached hydrogens (tertiary/aromatic N) is 2. The van der Waals surface area contributed by atoms with Crippen LogP contribution < -0.4 is 15.2 Å². The molecule has 0 atom stereocenters. The molecule has 1 aliphatic heterocycles. The Balaban J connectivity index is 1.94. The van der Waals surface area contributed by atoms with Crippen LogP contribution in [0, 0.1) is 10.1 Å². The fraction of sp³-hybridized carbons (Fsp3) is 0.0588. The van der Waals surface area contributed by atoms with E-state index in [1.165, 1.54) is 19.3 Å². The molecule has 0 radical (unpaired) electrons. The van der Waals surface area contributed by atoms with Crippen molar-refractivity contribution in [1.29, 1.82) is 0 Å². The number of nitro groups is 1. The van der Waals surface area contributed by atoms with Crippen LogP contribution in [0.3, 0.4) is 0 Å². The molecule has 1 saturated heterocycles. The fourth-order valence-corrected chi connectivity index (χ4v) is 3.28. The minimum Gasteiger partial charge on any atom is -0.865 e. The van der Waals surface area contributed by atoms with Crippen molar-refractivity contribution in [1.82, 2.24) is 5.32 Å². The first-order valence-electron chi connectivity index (χ1n) is 7.46. The molecule has 0 spiro atoms. The summed E-state index contributed by atoms with van der Waals surface area (Å²) >= 11 is 7.10. The van der Waals surface area contributed by atoms with E-state index < -0.39 is 22.3 Å². The lowest BCUT2D eigenvalue weighted by molar-refractivity contribution is -0.398. The number of carbonyl (C=O) groups excluding carboxylic acids is 1. The van der Waals surface area contributed by atoms with Crippen LogP contribution in [-0.2, 0) is 4.79 Å². The lowest BCUT2D eigenvalue weighted by atomic mass is 10.1. The summed E-state index contributed by atoms with van der Waals surface area (Å²) in [7, 11) is 1.24. The predicted molar refractivity (Wildman–Crippen MR) is 101 cm³/mol. The van der Waals surface area contributed by atoms with Crippen LogP contribution in [0.2, 0.25) is 5.02 Å². The first kappa shape index (κ1) is 18.7. The Morgan fingerprint density at radius 1 is 1.33 bits per heavy atom. The number of amides is 1. The van der Waals surface area contributed by atoms with E-state index in [0.717, 1.165) is 17.8 Å². The molecule has 1 N–H and O–H groups in total. The SMILES string of the molecule is COc1cc(/C=C2/SC(=Nc3ccccc3Cl)NC2=O)cc([N+](=O)[O-])c1[O-]. The highest BCUT2D eigenvalue weighted by molar-refractivity contribution is 8.18. The summed E-state index contributed by atoms with van der Waals surface area (Å²) in [6.45, 7) is 0. The second kappa shape index (κ2) is 7.68. The van der Waals surface area contributed by atoms with Crippen molar-refractivity contribution in [3.8, 4) is 11.5 Å². The lowest BCUT2D eigenvalue weighted by Gasteiger charge is -2.13. The van der Waals surface area contributed by atoms with E-state index in [4.69, 9.17) is 16.3 Å². The van der Waals surface area contributed by atoms with Gasteiger partial charge in [0, 0.05) is 11.8 Å². The van der Waals surface area contributed by atoms with E-state index in [-0.39, 0.29) is 16.2 Å². The first-order chi connectivity index (χ1) is 12.9. The molecular formula is C17H11ClN3O5S-. The van der Waals surface area contributed by atoms with E-state index >= 15 is 0 Å². The van der Waals surface area contributed by atoms with Gasteiger partial charge in [-0.15, -0.1) is 0 Å². The Morgan fingerprint density at radius 2 is 2.07 bits per heavy atom. The van der Waals surface area contributed by atoms with Gasteiger partial charge in [-0.3, -0.25) is 14.9 Å². The van der Waals surface area contributed by atoms with E-state index in [1.807, 2.05) is 0 Å². The van der Waals surface area contributed by atoms with Gasteiger partial charge in [0.25, 0.3) is 11.6 Å². The molecule has 1 fully saturated rings. The second-order valence-electron chi connectivity index (χ2n) is 5.26. The van der Waals surface area contributed by atoms with Crippen molar-refractivity contribution >= 4 is 51.9 Å². The standard InChI is InChI=1S/C17H12ClN3O5S/c1-26-13-7-9(6-12(15(13)22)21(24)25)8-14-16(23)20-17(27-14)19-11-5-3-2-4-10(11)18/h2-8,22H,1H3,(H,19,20,23)/p-1/b14-8+. The number of nitro benzene ring substituents is 1. The lowest BCUT2D eigenvalue weighted by Crippen LogP contribution is -2.19. The summed E-state index contributed by atoms with van der Waals surface area (Å²) < 4.78 is 4.89. The van der Waals surface area contributed by atoms with Gasteiger partial charge < -0.3 is 15.2 Å². The summed E-state index contributed by atoms with van der Waals surface area (Å²) in [6, 6.07) is 9.32. The molecule has 3 rings (SSSR count). The van der Waals surface area contributed by atoms with Crippen LogP contribution in [0.25, 0.3) is 6.08 Å². The van der Waals surface area contributed by atoms with Gasteiger partial charge in [0.2, 0.25) is 0 Å². The zero-order chi connectivity index (χ0) is 19.6. The van der Waals surface area contributed by atoms with Crippen molar-refractivity contribution in [2.24, 2.45) is 4.99 Å². The van der Waals surface area contributed by atoms with Crippen molar-refractivity contribution < 1.29 is 19.6 Å². The molecule has 138 valence electrons. The van der Waals surface area contributed by atoms with Gasteiger partial charge in [-0.2, -0.15) is 0 Å². The monoisotopic (exact) mass is 404 g/mol. The number of halogens is 1. The molecular weight excluding hydrogens is 394 g/mol. The fourth-order valence-electron chi connectivity index (χ4n) is 2.26. The maximum absolute atomic E-state index is 12.2. The van der Waals surface area contributed by atoms with E-state index in [9.17, 15) is 20.0 Å². The van der Waals surface area contributed by atoms with Crippen LogP contribution >= 0.6 is 23.4 Å². The van der Waals surface area contributed by atoms with Gasteiger partial charge in [-0.1, -0.05) is 23.7 Å². The molecule has 1 amide bonds. The minimum absolute atomic E-state index is 0.176. The van der Waals surface area contributed by atoms with Crippen molar-refractivity contribution in [3.63, 3.8) is 0 Å². The Labute approximate surface area is 162 Å². The Morgan fingerprint density at radius 3 is 2.74 bits per heavy atom. The molecule has 10 heteroatoms. The first-order valence-corrected chi connectivity index (χ1v) is 8.66. The summed E-state index contributed by atoms with van der Waals surface area (Å²) in [5, 5.41) is 26.3. The highest BCUT2D eigenvalue weighted by Gasteiger charge is 2.24. The van der Waals surface area contributed by atoms with Gasteiger partial charge in [0.05, 0.1) is 27.6 Å². The summed E-state index contributed by atoms with van der Waals surface area (Å²) in [4.78, 5) is 27.0. The average Bonchev–Trinajstić information content (AvgIpc) is 2.97. The number of ether oxygens (including phenoxy) is 1. The molecule has 2 aromatic carbocycles. The number of rotatable bonds is 4. The highest BCUT2D eigenvalue weighted by Crippen LogP contribution is 2.37. The van der Waals surface area contributed by atoms with Crippen LogP contribution in [0.15, 0.2) is 46.3 Å². The topological polar surface area (TPSA) is 117 Å². The zero-order valence-corrected chi connectivity index (χ0v) is 15.3. The molecule has 1 heterocycles. The van der Waals surface area contributed by atoms with E-state index in [2.05, 4.69) is 10.3 Å². The number of hydrogen-bond donors (Lipinski definition) is 1. The van der Waals surface area contributed by atoms with Gasteiger partial charge in [-0.05, 0) is 41.6 Å². The number of nitrogens with one attached hydrogen (secondary N) is 1. The molecule has 8 nitrogen and oxygen atoms in total. The van der Waals surface area contributed by atoms with Gasteiger partial charge >= 0.3 is 0 Å². The molecule has 27 heavy (non-hydrogen) atoms. The Kier molecular flexibility index (Phi) is 5.33. The molecule has 0 bridgehead atoms. The van der Waals surface area contributed by atoms with Crippen molar-refractivity contribution in [3.05, 3.63) is 62.0 Å². The van der Waals surface area contributed by atoms with E-state index in [0.29, 0.717) is 15.9 Å². The Bertz CT molecular complexity index is 1010. The maximum Gasteiger partial charge on any atom is 0.266 e. The predicted octanol–water partition coefficient (Wildman–Crippen LogP) is 3.22. The molecule has 0 aliphatic carbocycles. The van der Waals surface area contributed by atoms with Crippen LogP contribution in [0.4, 0.5) is 11.4 Å². The van der Waals surface area contributed by atoms with Gasteiger partial charge in [0.1, 0.15) is 5.75 Å². The highest BCUT2D eigenvalue weighted by atomic mass is 35.5. The number of para-hydroxylation sites is 1. The molecule has 0 aromatic heterocycles. The number of carbonyl (C=O) groups is 1. The Hall–Kier alpha value is -3.04. The molecule has 0 unspecified atom stereocenters. The number of thioether (sulfide) groups is 1. The number of hydrogen-bond acceptors (Lipinski definition) is 7. The van der Waals surface area contributed by atoms with Crippen LogP contribution in [0.5, 0.6) is 11.5 Å². The van der Waals surface area contributed by atoms with Gasteiger partial charge in [0.15, 0.2) is 5.17 Å². The maximum atomic E-state index is 12.2. The molecule has 2 aromatic rings. The third-order valence-electron chi connectivity index (χ3n) is 3.50. The van der Waals surface area contributed by atoms with Crippen LogP contribution in [0.1, 0.15) is 5.56 Å². The van der Waals surface area contributed by atoms with Crippen LogP contribution in [-0.4, -0.2) is 23.1 Å². The third kappa shape index (κ3) is 4.04.